The Hall–Kier alpha value is -4.53. The van der Waals surface area contributed by atoms with E-state index in [4.69, 9.17) is 14.2 Å². The highest BCUT2D eigenvalue weighted by Gasteiger charge is 2.31. The fraction of sp³-hybridized carbons (Fsp3) is 0.553. The Bertz CT molecular complexity index is 1670. The fourth-order valence-corrected chi connectivity index (χ4v) is 6.56. The molecule has 0 aliphatic carbocycles. The minimum atomic E-state index is -1.03. The molecule has 0 aliphatic rings. The molecule has 0 aromatic heterocycles. The molecular formula is C47H66O9. The van der Waals surface area contributed by atoms with Crippen LogP contribution < -0.4 is 0 Å². The van der Waals surface area contributed by atoms with Crippen LogP contribution in [0, 0.1) is 26.2 Å². The molecule has 308 valence electrons. The summed E-state index contributed by atoms with van der Waals surface area (Å²) < 4.78 is 17.2. The van der Waals surface area contributed by atoms with Crippen molar-refractivity contribution in [2.45, 2.75) is 145 Å². The second-order valence-corrected chi connectivity index (χ2v) is 19.0. The van der Waals surface area contributed by atoms with Gasteiger partial charge in [0.15, 0.2) is 0 Å². The molecule has 0 amide bonds. The summed E-state index contributed by atoms with van der Waals surface area (Å²) in [7, 11) is 0. The van der Waals surface area contributed by atoms with Crippen LogP contribution >= 0.6 is 0 Å². The second kappa shape index (κ2) is 18.2. The van der Waals surface area contributed by atoms with E-state index < -0.39 is 23.3 Å². The van der Waals surface area contributed by atoms with Crippen molar-refractivity contribution in [1.82, 2.24) is 0 Å². The van der Waals surface area contributed by atoms with Crippen molar-refractivity contribution in [3.05, 3.63) is 86.5 Å². The van der Waals surface area contributed by atoms with Crippen molar-refractivity contribution in [3.63, 3.8) is 0 Å². The summed E-state index contributed by atoms with van der Waals surface area (Å²) in [5.41, 5.74) is 5.49. The molecule has 0 saturated carbocycles. The zero-order chi connectivity index (χ0) is 42.4. The number of esters is 3. The van der Waals surface area contributed by atoms with Crippen LogP contribution in [0.2, 0.25) is 0 Å². The highest BCUT2D eigenvalue weighted by Crippen LogP contribution is 2.37. The highest BCUT2D eigenvalue weighted by molar-refractivity contribution is 5.71. The van der Waals surface area contributed by atoms with Crippen LogP contribution in [0.5, 0.6) is 17.2 Å². The van der Waals surface area contributed by atoms with Gasteiger partial charge in [0.2, 0.25) is 0 Å². The number of hydrogen-bond donors (Lipinski definition) is 3. The first-order valence-electron chi connectivity index (χ1n) is 19.7. The lowest BCUT2D eigenvalue weighted by molar-refractivity contribution is -0.160. The molecule has 3 aromatic rings. The Kier molecular flexibility index (Phi) is 14.9. The number of phenolic OH excluding ortho intramolecular Hbond substituents is 3. The molecule has 3 rings (SSSR count). The van der Waals surface area contributed by atoms with Crippen molar-refractivity contribution < 1.29 is 43.9 Å². The van der Waals surface area contributed by atoms with Crippen molar-refractivity contribution >= 4 is 17.9 Å². The van der Waals surface area contributed by atoms with Gasteiger partial charge in [0, 0.05) is 19.3 Å². The lowest BCUT2D eigenvalue weighted by Gasteiger charge is -2.28. The van der Waals surface area contributed by atoms with E-state index in [1.807, 2.05) is 119 Å². The predicted molar refractivity (Wildman–Crippen MR) is 221 cm³/mol. The topological polar surface area (TPSA) is 140 Å². The van der Waals surface area contributed by atoms with Crippen LogP contribution in [0.3, 0.4) is 0 Å². The van der Waals surface area contributed by atoms with E-state index in [0.717, 1.165) is 50.1 Å². The minimum absolute atomic E-state index is 0.0919. The molecule has 0 radical (unpaired) electrons. The summed E-state index contributed by atoms with van der Waals surface area (Å²) in [6.07, 6.45) is 1.50. The monoisotopic (exact) mass is 774 g/mol. The lowest BCUT2D eigenvalue weighted by atomic mass is 9.83. The molecule has 9 nitrogen and oxygen atoms in total. The molecule has 0 spiro atoms. The molecule has 0 fully saturated rings. The number of aryl methyl sites for hydroxylation is 6. The van der Waals surface area contributed by atoms with Gasteiger partial charge in [0.25, 0.3) is 0 Å². The van der Waals surface area contributed by atoms with Crippen molar-refractivity contribution in [2.75, 3.05) is 19.8 Å². The van der Waals surface area contributed by atoms with Crippen LogP contribution in [0.1, 0.15) is 139 Å². The quantitative estimate of drug-likeness (QED) is 0.102. The van der Waals surface area contributed by atoms with Crippen LogP contribution in [-0.4, -0.2) is 53.0 Å². The summed E-state index contributed by atoms with van der Waals surface area (Å²) in [5, 5.41) is 31.8. The molecular weight excluding hydrogens is 709 g/mol. The van der Waals surface area contributed by atoms with E-state index >= 15 is 0 Å². The van der Waals surface area contributed by atoms with Gasteiger partial charge >= 0.3 is 17.9 Å². The molecule has 0 bridgehead atoms. The molecule has 0 heterocycles. The summed E-state index contributed by atoms with van der Waals surface area (Å²) in [6.45, 7) is 25.0. The average Bonchev–Trinajstić information content (AvgIpc) is 3.08. The molecule has 0 aliphatic heterocycles. The van der Waals surface area contributed by atoms with Crippen molar-refractivity contribution in [1.29, 1.82) is 0 Å². The first-order chi connectivity index (χ1) is 25.7. The number of aromatic hydroxyl groups is 3. The van der Waals surface area contributed by atoms with E-state index in [2.05, 4.69) is 0 Å². The van der Waals surface area contributed by atoms with Gasteiger partial charge in [-0.05, 0) is 113 Å². The van der Waals surface area contributed by atoms with E-state index in [1.54, 1.807) is 6.92 Å². The van der Waals surface area contributed by atoms with Crippen LogP contribution in [0.4, 0.5) is 0 Å². The standard InChI is InChI=1S/C47H66O9/c1-29-20-32(23-35(41(29)51)44(4,5)6)14-17-38(48)54-26-47(13,27-55-39(49)18-15-33-21-30(2)42(52)36(24-33)45(7,8)9)28-56-40(50)19-16-34-22-31(3)43(53)37(25-34)46(10,11)12/h20-25,51-53H,14-19,26-28H2,1-13H3. The van der Waals surface area contributed by atoms with Gasteiger partial charge in [-0.3, -0.25) is 14.4 Å². The van der Waals surface area contributed by atoms with Crippen LogP contribution in [0.25, 0.3) is 0 Å². The van der Waals surface area contributed by atoms with E-state index in [-0.39, 0.29) is 72.6 Å². The number of hydrogen-bond acceptors (Lipinski definition) is 9. The summed E-state index contributed by atoms with van der Waals surface area (Å²) in [4.78, 5) is 39.2. The molecule has 0 saturated heterocycles. The first-order valence-corrected chi connectivity index (χ1v) is 19.7. The van der Waals surface area contributed by atoms with Gasteiger partial charge in [-0.2, -0.15) is 0 Å². The zero-order valence-electron chi connectivity index (χ0n) is 36.1. The number of benzene rings is 3. The van der Waals surface area contributed by atoms with Crippen LogP contribution in [-0.2, 0) is 64.1 Å². The van der Waals surface area contributed by atoms with Gasteiger partial charge in [0.05, 0.1) is 5.41 Å². The van der Waals surface area contributed by atoms with E-state index in [9.17, 15) is 29.7 Å². The third kappa shape index (κ3) is 13.0. The third-order valence-corrected chi connectivity index (χ3v) is 10.1. The van der Waals surface area contributed by atoms with E-state index in [0.29, 0.717) is 19.3 Å². The maximum atomic E-state index is 13.1. The van der Waals surface area contributed by atoms with Crippen molar-refractivity contribution in [2.24, 2.45) is 5.41 Å². The second-order valence-electron chi connectivity index (χ2n) is 19.0. The van der Waals surface area contributed by atoms with Crippen molar-refractivity contribution in [3.8, 4) is 17.2 Å². The normalized spacial score (nSPS) is 12.4. The Morgan fingerprint density at radius 1 is 0.446 bits per heavy atom. The maximum Gasteiger partial charge on any atom is 0.306 e. The molecule has 0 atom stereocenters. The first kappa shape index (κ1) is 45.9. The van der Waals surface area contributed by atoms with Gasteiger partial charge in [-0.25, -0.2) is 0 Å². The largest absolute Gasteiger partial charge is 0.507 e. The number of ether oxygens (including phenoxy) is 3. The number of carbonyl (C=O) groups is 3. The Morgan fingerprint density at radius 2 is 0.679 bits per heavy atom. The Morgan fingerprint density at radius 3 is 0.893 bits per heavy atom. The van der Waals surface area contributed by atoms with Gasteiger partial charge in [0.1, 0.15) is 37.1 Å². The minimum Gasteiger partial charge on any atom is -0.507 e. The Labute approximate surface area is 334 Å². The van der Waals surface area contributed by atoms with Crippen LogP contribution in [0.15, 0.2) is 36.4 Å². The summed E-state index contributed by atoms with van der Waals surface area (Å²) in [5.74, 6) is -0.594. The predicted octanol–water partition coefficient (Wildman–Crippen LogP) is 9.46. The van der Waals surface area contributed by atoms with Gasteiger partial charge in [-0.1, -0.05) is 98.7 Å². The molecule has 3 aromatic carbocycles. The van der Waals surface area contributed by atoms with Gasteiger partial charge in [-0.15, -0.1) is 0 Å². The summed E-state index contributed by atoms with van der Waals surface area (Å²) in [6, 6.07) is 11.4. The third-order valence-electron chi connectivity index (χ3n) is 10.1. The molecule has 3 N–H and O–H groups in total. The number of carbonyl (C=O) groups excluding carboxylic acids is 3. The average molecular weight is 775 g/mol. The number of phenols is 3. The Balaban J connectivity index is 1.69. The molecule has 9 heteroatoms. The summed E-state index contributed by atoms with van der Waals surface area (Å²) >= 11 is 0. The van der Waals surface area contributed by atoms with E-state index in [1.165, 1.54) is 0 Å². The fourth-order valence-electron chi connectivity index (χ4n) is 6.56. The lowest BCUT2D eigenvalue weighted by Crippen LogP contribution is -2.37. The SMILES string of the molecule is Cc1cc(CCC(=O)OCC(C)(COC(=O)CCc2cc(C)c(O)c(C(C)(C)C)c2)COC(=O)CCc2cc(C)c(O)c(C(C)(C)C)c2)cc(C(C)(C)C)c1O. The van der Waals surface area contributed by atoms with Gasteiger partial charge < -0.3 is 29.5 Å². The molecule has 0 unspecified atom stereocenters. The molecule has 56 heavy (non-hydrogen) atoms. The maximum absolute atomic E-state index is 13.1. The zero-order valence-corrected chi connectivity index (χ0v) is 36.1. The smallest absolute Gasteiger partial charge is 0.306 e. The number of rotatable bonds is 15. The highest BCUT2D eigenvalue weighted by atomic mass is 16.6.